The number of hydrogen-bond acceptors (Lipinski definition) is 9. The molecule has 4 aromatic rings. The van der Waals surface area contributed by atoms with Crippen LogP contribution in [0.4, 0.5) is 5.00 Å². The molecule has 0 aliphatic heterocycles. The SMILES string of the molecule is N#Cc1c(NC(=O)C(=O)N/N=C\c2ccc(OC(=O)c3ccc(Cl)cc3)cc2OC(=O)c2ccc(Cl)cc2)sc2c1CCCC2. The number of aryl methyl sites for hydroxylation is 1. The molecule has 0 saturated heterocycles. The number of nitrogens with one attached hydrogen (secondary N) is 2. The topological polar surface area (TPSA) is 147 Å². The molecule has 1 aliphatic rings. The van der Waals surface area contributed by atoms with E-state index in [0.717, 1.165) is 42.3 Å². The number of esters is 2. The molecule has 10 nitrogen and oxygen atoms in total. The summed E-state index contributed by atoms with van der Waals surface area (Å²) in [6.45, 7) is 0. The van der Waals surface area contributed by atoms with Crippen LogP contribution in [0.25, 0.3) is 0 Å². The van der Waals surface area contributed by atoms with E-state index in [2.05, 4.69) is 21.9 Å². The smallest absolute Gasteiger partial charge is 0.343 e. The van der Waals surface area contributed by atoms with E-state index >= 15 is 0 Å². The molecule has 0 saturated carbocycles. The lowest BCUT2D eigenvalue weighted by atomic mass is 9.96. The number of carbonyl (C=O) groups is 4. The second-order valence-electron chi connectivity index (χ2n) is 9.67. The molecule has 2 N–H and O–H groups in total. The third-order valence-corrected chi connectivity index (χ3v) is 8.36. The summed E-state index contributed by atoms with van der Waals surface area (Å²) in [5, 5.41) is 17.1. The first-order valence-electron chi connectivity index (χ1n) is 13.5. The predicted octanol–water partition coefficient (Wildman–Crippen LogP) is 6.33. The van der Waals surface area contributed by atoms with Crippen molar-refractivity contribution in [3.63, 3.8) is 0 Å². The molecular formula is C32H22Cl2N4O6S. The summed E-state index contributed by atoms with van der Waals surface area (Å²) in [6.07, 6.45) is 4.70. The van der Waals surface area contributed by atoms with Crippen molar-refractivity contribution in [1.82, 2.24) is 5.43 Å². The first-order valence-corrected chi connectivity index (χ1v) is 15.1. The number of benzene rings is 3. The summed E-state index contributed by atoms with van der Waals surface area (Å²) in [6, 6.07) is 18.4. The molecule has 0 radical (unpaired) electrons. The van der Waals surface area contributed by atoms with Crippen LogP contribution >= 0.6 is 34.5 Å². The maximum Gasteiger partial charge on any atom is 0.343 e. The lowest BCUT2D eigenvalue weighted by molar-refractivity contribution is -0.136. The van der Waals surface area contributed by atoms with Gasteiger partial charge in [-0.15, -0.1) is 11.3 Å². The standard InChI is InChI=1S/C32H22Cl2N4O6S/c33-21-10-5-18(6-11-21)31(41)43-23-14-9-20(26(15-23)44-32(42)19-7-12-22(34)13-8-19)17-36-38-29(40)28(39)37-30-25(16-35)24-3-1-2-4-27(24)45-30/h5-15,17H,1-4H2,(H,37,39)(H,38,40)/b36-17-. The largest absolute Gasteiger partial charge is 0.423 e. The van der Waals surface area contributed by atoms with Gasteiger partial charge in [0.05, 0.1) is 22.9 Å². The number of nitriles is 1. The Morgan fingerprint density at radius 1 is 0.844 bits per heavy atom. The molecule has 3 aromatic carbocycles. The highest BCUT2D eigenvalue weighted by molar-refractivity contribution is 7.16. The number of nitrogens with zero attached hydrogens (tertiary/aromatic N) is 2. The Morgan fingerprint density at radius 2 is 1.47 bits per heavy atom. The van der Waals surface area contributed by atoms with Gasteiger partial charge in [0.2, 0.25) is 0 Å². The van der Waals surface area contributed by atoms with Gasteiger partial charge in [0.1, 0.15) is 22.6 Å². The lowest BCUT2D eigenvalue weighted by Crippen LogP contribution is -2.32. The van der Waals surface area contributed by atoms with Crippen LogP contribution in [0.2, 0.25) is 10.0 Å². The van der Waals surface area contributed by atoms with Crippen molar-refractivity contribution in [2.75, 3.05) is 5.32 Å². The van der Waals surface area contributed by atoms with E-state index in [1.807, 2.05) is 0 Å². The molecule has 1 aromatic heterocycles. The van der Waals surface area contributed by atoms with Crippen LogP contribution in [0, 0.1) is 11.3 Å². The summed E-state index contributed by atoms with van der Waals surface area (Å²) in [7, 11) is 0. The Balaban J connectivity index is 1.31. The van der Waals surface area contributed by atoms with Gasteiger partial charge < -0.3 is 14.8 Å². The van der Waals surface area contributed by atoms with Gasteiger partial charge in [-0.25, -0.2) is 15.0 Å². The van der Waals surface area contributed by atoms with Crippen molar-refractivity contribution >= 4 is 69.5 Å². The van der Waals surface area contributed by atoms with Crippen molar-refractivity contribution in [1.29, 1.82) is 5.26 Å². The number of thiophene rings is 1. The molecule has 226 valence electrons. The van der Waals surface area contributed by atoms with Crippen LogP contribution in [0.3, 0.4) is 0 Å². The summed E-state index contributed by atoms with van der Waals surface area (Å²) < 4.78 is 11.0. The fourth-order valence-corrected chi connectivity index (χ4v) is 5.90. The number of fused-ring (bicyclic) bond motifs is 1. The first kappa shape index (κ1) is 31.4. The second-order valence-corrected chi connectivity index (χ2v) is 11.7. The minimum absolute atomic E-state index is 0.0540. The first-order chi connectivity index (χ1) is 21.7. The van der Waals surface area contributed by atoms with E-state index in [0.29, 0.717) is 20.6 Å². The van der Waals surface area contributed by atoms with Crippen LogP contribution in [-0.4, -0.2) is 30.0 Å². The Bertz CT molecular complexity index is 1860. The number of ether oxygens (including phenoxy) is 2. The van der Waals surface area contributed by atoms with Gasteiger partial charge in [-0.3, -0.25) is 9.59 Å². The molecule has 13 heteroatoms. The highest BCUT2D eigenvalue weighted by atomic mass is 35.5. The summed E-state index contributed by atoms with van der Waals surface area (Å²) >= 11 is 13.1. The summed E-state index contributed by atoms with van der Waals surface area (Å²) in [5.41, 5.74) is 4.08. The maximum absolute atomic E-state index is 12.9. The average molecular weight is 662 g/mol. The fourth-order valence-electron chi connectivity index (χ4n) is 4.41. The van der Waals surface area contributed by atoms with E-state index in [4.69, 9.17) is 32.7 Å². The molecule has 1 heterocycles. The van der Waals surface area contributed by atoms with E-state index < -0.39 is 23.8 Å². The van der Waals surface area contributed by atoms with Gasteiger partial charge in [0, 0.05) is 26.6 Å². The Kier molecular flexibility index (Phi) is 9.89. The van der Waals surface area contributed by atoms with Crippen molar-refractivity contribution < 1.29 is 28.7 Å². The molecule has 5 rings (SSSR count). The van der Waals surface area contributed by atoms with Gasteiger partial charge >= 0.3 is 23.8 Å². The Hall–Kier alpha value is -5.02. The van der Waals surface area contributed by atoms with Gasteiger partial charge in [-0.2, -0.15) is 10.4 Å². The van der Waals surface area contributed by atoms with Gasteiger partial charge in [-0.1, -0.05) is 23.2 Å². The highest BCUT2D eigenvalue weighted by Gasteiger charge is 2.24. The van der Waals surface area contributed by atoms with E-state index in [1.165, 1.54) is 65.9 Å². The number of hydrazone groups is 1. The van der Waals surface area contributed by atoms with Crippen molar-refractivity contribution in [3.05, 3.63) is 109 Å². The molecular weight excluding hydrogens is 639 g/mol. The zero-order valence-electron chi connectivity index (χ0n) is 23.3. The molecule has 0 spiro atoms. The molecule has 45 heavy (non-hydrogen) atoms. The molecule has 0 unspecified atom stereocenters. The minimum Gasteiger partial charge on any atom is -0.423 e. The summed E-state index contributed by atoms with van der Waals surface area (Å²) in [5.74, 6) is -3.48. The van der Waals surface area contributed by atoms with Gasteiger partial charge in [-0.05, 0) is 91.9 Å². The van der Waals surface area contributed by atoms with Crippen LogP contribution in [0.15, 0.2) is 71.8 Å². The van der Waals surface area contributed by atoms with Crippen LogP contribution in [0.5, 0.6) is 11.5 Å². The molecule has 0 fully saturated rings. The highest BCUT2D eigenvalue weighted by Crippen LogP contribution is 2.37. The van der Waals surface area contributed by atoms with E-state index in [9.17, 15) is 24.4 Å². The van der Waals surface area contributed by atoms with E-state index in [1.54, 1.807) is 12.1 Å². The number of carbonyl (C=O) groups excluding carboxylic acids is 4. The minimum atomic E-state index is -1.07. The van der Waals surface area contributed by atoms with Crippen molar-refractivity contribution in [3.8, 4) is 17.6 Å². The number of hydrogen-bond donors (Lipinski definition) is 2. The number of anilines is 1. The normalized spacial score (nSPS) is 12.1. The Morgan fingerprint density at radius 3 is 2.11 bits per heavy atom. The van der Waals surface area contributed by atoms with E-state index in [-0.39, 0.29) is 28.2 Å². The van der Waals surface area contributed by atoms with Crippen molar-refractivity contribution in [2.24, 2.45) is 5.10 Å². The second kappa shape index (κ2) is 14.2. The van der Waals surface area contributed by atoms with Gasteiger partial charge in [0.15, 0.2) is 0 Å². The number of halogens is 2. The monoisotopic (exact) mass is 660 g/mol. The van der Waals surface area contributed by atoms with Gasteiger partial charge in [0.25, 0.3) is 0 Å². The van der Waals surface area contributed by atoms with Crippen molar-refractivity contribution in [2.45, 2.75) is 25.7 Å². The zero-order valence-corrected chi connectivity index (χ0v) is 25.6. The fraction of sp³-hybridized carbons (Fsp3) is 0.125. The Labute approximate surface area is 271 Å². The lowest BCUT2D eigenvalue weighted by Gasteiger charge is -2.11. The zero-order chi connectivity index (χ0) is 31.9. The quantitative estimate of drug-likeness (QED) is 0.0773. The summed E-state index contributed by atoms with van der Waals surface area (Å²) in [4.78, 5) is 51.6. The van der Waals surface area contributed by atoms with Crippen LogP contribution in [0.1, 0.15) is 55.1 Å². The molecule has 2 amide bonds. The average Bonchev–Trinajstić information content (AvgIpc) is 3.39. The maximum atomic E-state index is 12.9. The third-order valence-electron chi connectivity index (χ3n) is 6.64. The van der Waals surface area contributed by atoms with Crippen LogP contribution in [-0.2, 0) is 22.4 Å². The van der Waals surface area contributed by atoms with Crippen LogP contribution < -0.4 is 20.2 Å². The number of rotatable bonds is 7. The molecule has 0 atom stereocenters. The predicted molar refractivity (Wildman–Crippen MR) is 169 cm³/mol. The molecule has 0 bridgehead atoms. The number of amides is 2. The third kappa shape index (κ3) is 7.74. The molecule has 1 aliphatic carbocycles.